The third-order valence-electron chi connectivity index (χ3n) is 3.59. The van der Waals surface area contributed by atoms with E-state index >= 15 is 0 Å². The number of carbonyl (C=O) groups is 1. The van der Waals surface area contributed by atoms with E-state index in [2.05, 4.69) is 20.0 Å². The lowest BCUT2D eigenvalue weighted by atomic mass is 10.1. The lowest BCUT2D eigenvalue weighted by Crippen LogP contribution is -2.18. The van der Waals surface area contributed by atoms with Crippen LogP contribution in [0.4, 0.5) is 23.2 Å². The van der Waals surface area contributed by atoms with Crippen molar-refractivity contribution in [1.82, 2.24) is 9.97 Å². The van der Waals surface area contributed by atoms with Gasteiger partial charge in [0.05, 0.1) is 22.5 Å². The zero-order valence-electron chi connectivity index (χ0n) is 12.7. The van der Waals surface area contributed by atoms with Crippen molar-refractivity contribution in [3.8, 4) is 5.75 Å². The van der Waals surface area contributed by atoms with Crippen molar-refractivity contribution < 1.29 is 32.2 Å². The molecule has 1 amide bonds. The summed E-state index contributed by atoms with van der Waals surface area (Å²) in [5.41, 5.74) is -2.50. The van der Waals surface area contributed by atoms with E-state index in [1.54, 1.807) is 6.92 Å². The van der Waals surface area contributed by atoms with Crippen molar-refractivity contribution in [3.05, 3.63) is 47.0 Å². The molecule has 2 N–H and O–H groups in total. The maximum Gasteiger partial charge on any atom is 0.388 e. The van der Waals surface area contributed by atoms with Crippen LogP contribution in [0, 0.1) is 0 Å². The Labute approximate surface area is 138 Å². The monoisotopic (exact) mass is 357 g/mol. The van der Waals surface area contributed by atoms with E-state index in [-0.39, 0.29) is 5.69 Å². The van der Waals surface area contributed by atoms with E-state index in [1.165, 1.54) is 12.4 Å². The number of aromatic hydroxyl groups is 1. The van der Waals surface area contributed by atoms with Crippen LogP contribution in [0.25, 0.3) is 0 Å². The summed E-state index contributed by atoms with van der Waals surface area (Å²) in [7, 11) is 0. The summed E-state index contributed by atoms with van der Waals surface area (Å²) in [5, 5.41) is 12.0. The number of phenols is 1. The summed E-state index contributed by atoms with van der Waals surface area (Å²) < 4.78 is 57.5. The van der Waals surface area contributed by atoms with Crippen LogP contribution in [-0.2, 0) is 23.4 Å². The fourth-order valence-corrected chi connectivity index (χ4v) is 2.44. The number of carbonyl (C=O) groups excluding carboxylic acids is 1. The van der Waals surface area contributed by atoms with Gasteiger partial charge >= 0.3 is 12.2 Å². The molecule has 0 saturated carbocycles. The summed E-state index contributed by atoms with van der Waals surface area (Å²) in [6.45, 7) is 1.73. The molecule has 3 rings (SSSR count). The Balaban J connectivity index is 1.99. The van der Waals surface area contributed by atoms with E-state index in [0.29, 0.717) is 24.2 Å². The first-order chi connectivity index (χ1) is 11.7. The Kier molecular flexibility index (Phi) is 3.87. The quantitative estimate of drug-likeness (QED) is 0.651. The zero-order valence-corrected chi connectivity index (χ0v) is 12.7. The molecule has 0 fully saturated rings. The minimum absolute atomic E-state index is 0.0711. The standard InChI is InChI=1S/C15H11F4N3O3/c1-2-9-12(21-4-3-20-9)13(24)22-10-5-7-8(6-11(10)23)15(18,19)25-14(7,16)17/h3-6,23H,2H2,1H3,(H,22,24). The molecule has 6 nitrogen and oxygen atoms in total. The van der Waals surface area contributed by atoms with Gasteiger partial charge in [-0.3, -0.25) is 9.78 Å². The number of nitrogens with one attached hydrogen (secondary N) is 1. The first-order valence-corrected chi connectivity index (χ1v) is 7.10. The number of halogens is 4. The number of ether oxygens (including phenoxy) is 1. The smallest absolute Gasteiger partial charge is 0.388 e. The van der Waals surface area contributed by atoms with Crippen molar-refractivity contribution >= 4 is 11.6 Å². The number of alkyl halides is 4. The highest BCUT2D eigenvalue weighted by molar-refractivity contribution is 6.04. The number of phenolic OH excluding ortho intramolecular Hbond substituents is 1. The number of hydrogen-bond acceptors (Lipinski definition) is 5. The van der Waals surface area contributed by atoms with Crippen molar-refractivity contribution in [2.45, 2.75) is 25.6 Å². The lowest BCUT2D eigenvalue weighted by molar-refractivity contribution is -0.369. The summed E-state index contributed by atoms with van der Waals surface area (Å²) >= 11 is 0. The maximum absolute atomic E-state index is 13.6. The molecule has 1 aliphatic rings. The van der Waals surface area contributed by atoms with Gasteiger partial charge in [0, 0.05) is 12.4 Å². The Morgan fingerprint density at radius 3 is 2.40 bits per heavy atom. The Hall–Kier alpha value is -2.75. The average Bonchev–Trinajstić information content (AvgIpc) is 2.72. The highest BCUT2D eigenvalue weighted by Gasteiger charge is 2.57. The van der Waals surface area contributed by atoms with Gasteiger partial charge in [-0.1, -0.05) is 6.92 Å². The SMILES string of the molecule is CCc1nccnc1C(=O)Nc1cc2c(cc1O)C(F)(F)OC2(F)F. The molecule has 1 aliphatic heterocycles. The molecule has 2 heterocycles. The van der Waals surface area contributed by atoms with E-state index < -0.39 is 40.7 Å². The molecular formula is C15H11F4N3O3. The third-order valence-corrected chi connectivity index (χ3v) is 3.59. The van der Waals surface area contributed by atoms with Crippen LogP contribution in [0.1, 0.15) is 34.2 Å². The molecule has 0 radical (unpaired) electrons. The van der Waals surface area contributed by atoms with Gasteiger partial charge in [-0.25, -0.2) is 9.72 Å². The van der Waals surface area contributed by atoms with Gasteiger partial charge in [0.2, 0.25) is 0 Å². The number of nitrogens with zero attached hydrogens (tertiary/aromatic N) is 2. The molecule has 0 unspecified atom stereocenters. The second kappa shape index (κ2) is 5.66. The van der Waals surface area contributed by atoms with Gasteiger partial charge in [0.25, 0.3) is 5.91 Å². The number of benzene rings is 1. The normalized spacial score (nSPS) is 17.2. The van der Waals surface area contributed by atoms with E-state index in [9.17, 15) is 27.5 Å². The molecule has 10 heteroatoms. The second-order valence-electron chi connectivity index (χ2n) is 5.21. The van der Waals surface area contributed by atoms with Crippen molar-refractivity contribution in [2.75, 3.05) is 5.32 Å². The van der Waals surface area contributed by atoms with E-state index in [0.717, 1.165) is 0 Å². The van der Waals surface area contributed by atoms with Crippen molar-refractivity contribution in [3.63, 3.8) is 0 Å². The van der Waals surface area contributed by atoms with Crippen molar-refractivity contribution in [1.29, 1.82) is 0 Å². The molecule has 0 aliphatic carbocycles. The molecule has 25 heavy (non-hydrogen) atoms. The van der Waals surface area contributed by atoms with Crippen LogP contribution in [0.3, 0.4) is 0 Å². The molecule has 0 saturated heterocycles. The minimum Gasteiger partial charge on any atom is -0.506 e. The number of fused-ring (bicyclic) bond motifs is 1. The fourth-order valence-electron chi connectivity index (χ4n) is 2.44. The van der Waals surface area contributed by atoms with Gasteiger partial charge in [0.1, 0.15) is 11.4 Å². The third kappa shape index (κ3) is 2.88. The van der Waals surface area contributed by atoms with Gasteiger partial charge in [-0.2, -0.15) is 17.6 Å². The molecule has 1 aromatic carbocycles. The molecule has 0 atom stereocenters. The first kappa shape index (κ1) is 17.1. The van der Waals surface area contributed by atoms with Crippen LogP contribution in [0.5, 0.6) is 5.75 Å². The highest BCUT2D eigenvalue weighted by Crippen LogP contribution is 2.53. The Morgan fingerprint density at radius 2 is 1.76 bits per heavy atom. The predicted molar refractivity (Wildman–Crippen MR) is 76.3 cm³/mol. The van der Waals surface area contributed by atoms with Crippen LogP contribution in [0.2, 0.25) is 0 Å². The predicted octanol–water partition coefficient (Wildman–Crippen LogP) is 3.13. The lowest BCUT2D eigenvalue weighted by Gasteiger charge is -2.12. The summed E-state index contributed by atoms with van der Waals surface area (Å²) in [5.74, 6) is -1.63. The van der Waals surface area contributed by atoms with Crippen LogP contribution in [-0.4, -0.2) is 21.0 Å². The second-order valence-corrected chi connectivity index (χ2v) is 5.21. The zero-order chi connectivity index (χ0) is 18.4. The van der Waals surface area contributed by atoms with Gasteiger partial charge in [-0.05, 0) is 18.6 Å². The maximum atomic E-state index is 13.6. The molecule has 132 valence electrons. The summed E-state index contributed by atoms with van der Waals surface area (Å²) in [6, 6.07) is 0.981. The number of anilines is 1. The van der Waals surface area contributed by atoms with Crippen LogP contribution in [0.15, 0.2) is 24.5 Å². The number of amides is 1. The molecule has 2 aromatic rings. The number of hydrogen-bond donors (Lipinski definition) is 2. The Bertz CT molecular complexity index is 858. The molecule has 0 spiro atoms. The Morgan fingerprint density at radius 1 is 1.16 bits per heavy atom. The minimum atomic E-state index is -4.26. The summed E-state index contributed by atoms with van der Waals surface area (Å²) in [4.78, 5) is 20.1. The van der Waals surface area contributed by atoms with Gasteiger partial charge < -0.3 is 10.4 Å². The molecule has 0 bridgehead atoms. The topological polar surface area (TPSA) is 84.3 Å². The fraction of sp³-hybridized carbons (Fsp3) is 0.267. The van der Waals surface area contributed by atoms with E-state index in [1.807, 2.05) is 0 Å². The largest absolute Gasteiger partial charge is 0.506 e. The first-order valence-electron chi connectivity index (χ1n) is 7.10. The number of rotatable bonds is 3. The average molecular weight is 357 g/mol. The van der Waals surface area contributed by atoms with Crippen LogP contribution >= 0.6 is 0 Å². The molecular weight excluding hydrogens is 346 g/mol. The van der Waals surface area contributed by atoms with E-state index in [4.69, 9.17) is 0 Å². The summed E-state index contributed by atoms with van der Waals surface area (Å²) in [6.07, 6.45) is -5.49. The van der Waals surface area contributed by atoms with Gasteiger partial charge in [-0.15, -0.1) is 0 Å². The van der Waals surface area contributed by atoms with Crippen LogP contribution < -0.4 is 5.32 Å². The van der Waals surface area contributed by atoms with Crippen molar-refractivity contribution in [2.24, 2.45) is 0 Å². The number of aryl methyl sites for hydroxylation is 1. The number of aromatic nitrogens is 2. The highest BCUT2D eigenvalue weighted by atomic mass is 19.3. The molecule has 1 aromatic heterocycles. The van der Waals surface area contributed by atoms with Gasteiger partial charge in [0.15, 0.2) is 0 Å².